The fourth-order valence-electron chi connectivity index (χ4n) is 2.30. The number of hydrogen-bond acceptors (Lipinski definition) is 4. The van der Waals surface area contributed by atoms with Crippen LogP contribution in [-0.2, 0) is 11.2 Å². The molecule has 1 aromatic heterocycles. The molecule has 94 valence electrons. The zero-order valence-electron chi connectivity index (χ0n) is 9.90. The highest BCUT2D eigenvalue weighted by atomic mass is 35.5. The van der Waals surface area contributed by atoms with Crippen LogP contribution in [0.3, 0.4) is 0 Å². The van der Waals surface area contributed by atoms with Crippen molar-refractivity contribution in [2.75, 3.05) is 6.61 Å². The molecule has 1 aliphatic heterocycles. The third-order valence-electron chi connectivity index (χ3n) is 3.31. The van der Waals surface area contributed by atoms with E-state index in [2.05, 4.69) is 17.3 Å². The molecule has 1 saturated heterocycles. The lowest BCUT2D eigenvalue weighted by Crippen LogP contribution is -2.42. The predicted octanol–water partition coefficient (Wildman–Crippen LogP) is 1.53. The molecule has 0 aromatic carbocycles. The first-order chi connectivity index (χ1) is 8.20. The molecule has 0 saturated carbocycles. The van der Waals surface area contributed by atoms with Crippen molar-refractivity contribution in [2.45, 2.75) is 31.9 Å². The zero-order valence-corrected chi connectivity index (χ0v) is 10.7. The minimum absolute atomic E-state index is 0.194. The second kappa shape index (κ2) is 5.78. The second-order valence-corrected chi connectivity index (χ2v) is 4.99. The molecule has 3 unspecified atom stereocenters. The third kappa shape index (κ3) is 3.16. The van der Waals surface area contributed by atoms with Gasteiger partial charge in [0.2, 0.25) is 0 Å². The lowest BCUT2D eigenvalue weighted by atomic mass is 9.92. The Hall–Kier alpha value is -0.680. The molecule has 3 atom stereocenters. The lowest BCUT2D eigenvalue weighted by Gasteiger charge is -2.22. The van der Waals surface area contributed by atoms with Crippen molar-refractivity contribution in [3.8, 4) is 0 Å². The summed E-state index contributed by atoms with van der Waals surface area (Å²) >= 11 is 6.10. The summed E-state index contributed by atoms with van der Waals surface area (Å²) < 4.78 is 5.58. The van der Waals surface area contributed by atoms with Crippen LogP contribution in [0.1, 0.15) is 18.9 Å². The normalized spacial score (nSPS) is 26.1. The summed E-state index contributed by atoms with van der Waals surface area (Å²) in [5, 5.41) is 0.694. The fraction of sp³-hybridized carbons (Fsp3) is 0.583. The van der Waals surface area contributed by atoms with Crippen LogP contribution in [0.4, 0.5) is 0 Å². The number of hydrazine groups is 1. The first-order valence-electron chi connectivity index (χ1n) is 5.87. The van der Waals surface area contributed by atoms with E-state index in [9.17, 15) is 0 Å². The van der Waals surface area contributed by atoms with Gasteiger partial charge in [0.05, 0.1) is 17.7 Å². The van der Waals surface area contributed by atoms with Crippen molar-refractivity contribution >= 4 is 11.6 Å². The summed E-state index contributed by atoms with van der Waals surface area (Å²) in [7, 11) is 0. The van der Waals surface area contributed by atoms with E-state index in [1.165, 1.54) is 0 Å². The van der Waals surface area contributed by atoms with E-state index in [1.807, 2.05) is 6.07 Å². The third-order valence-corrected chi connectivity index (χ3v) is 3.65. The quantitative estimate of drug-likeness (QED) is 0.633. The molecule has 0 spiro atoms. The second-order valence-electron chi connectivity index (χ2n) is 4.58. The monoisotopic (exact) mass is 255 g/mol. The number of hydrogen-bond donors (Lipinski definition) is 2. The van der Waals surface area contributed by atoms with Gasteiger partial charge in [-0.1, -0.05) is 11.6 Å². The lowest BCUT2D eigenvalue weighted by molar-refractivity contribution is 0.117. The van der Waals surface area contributed by atoms with Crippen LogP contribution in [0.2, 0.25) is 5.02 Å². The van der Waals surface area contributed by atoms with Crippen molar-refractivity contribution in [3.05, 3.63) is 29.0 Å². The molecule has 2 heterocycles. The van der Waals surface area contributed by atoms with Crippen molar-refractivity contribution in [1.82, 2.24) is 10.4 Å². The SMILES string of the molecule is CC1CC(C(Cc2ccncc2Cl)NN)CO1. The van der Waals surface area contributed by atoms with E-state index in [0.29, 0.717) is 17.0 Å². The molecule has 5 heteroatoms. The van der Waals surface area contributed by atoms with E-state index in [4.69, 9.17) is 22.2 Å². The number of ether oxygens (including phenoxy) is 1. The minimum atomic E-state index is 0.194. The molecular formula is C12H18ClN3O. The van der Waals surface area contributed by atoms with E-state index >= 15 is 0 Å². The Bertz CT molecular complexity index is 375. The highest BCUT2D eigenvalue weighted by molar-refractivity contribution is 6.31. The molecule has 0 bridgehead atoms. The summed E-state index contributed by atoms with van der Waals surface area (Å²) in [5.41, 5.74) is 3.95. The molecule has 1 fully saturated rings. The van der Waals surface area contributed by atoms with Crippen LogP contribution in [0.5, 0.6) is 0 Å². The maximum absolute atomic E-state index is 6.10. The van der Waals surface area contributed by atoms with Crippen molar-refractivity contribution in [1.29, 1.82) is 0 Å². The van der Waals surface area contributed by atoms with Crippen LogP contribution in [0.25, 0.3) is 0 Å². The molecule has 0 amide bonds. The van der Waals surface area contributed by atoms with Gasteiger partial charge in [0, 0.05) is 24.4 Å². The highest BCUT2D eigenvalue weighted by Crippen LogP contribution is 2.25. The Morgan fingerprint density at radius 3 is 3.12 bits per heavy atom. The van der Waals surface area contributed by atoms with E-state index in [0.717, 1.165) is 25.0 Å². The van der Waals surface area contributed by atoms with Gasteiger partial charge in [-0.25, -0.2) is 0 Å². The zero-order chi connectivity index (χ0) is 12.3. The van der Waals surface area contributed by atoms with E-state index in [-0.39, 0.29) is 6.04 Å². The summed E-state index contributed by atoms with van der Waals surface area (Å²) in [4.78, 5) is 3.98. The van der Waals surface area contributed by atoms with Gasteiger partial charge in [-0.05, 0) is 31.4 Å². The van der Waals surface area contributed by atoms with Crippen molar-refractivity contribution in [3.63, 3.8) is 0 Å². The van der Waals surface area contributed by atoms with E-state index in [1.54, 1.807) is 12.4 Å². The molecule has 0 radical (unpaired) electrons. The van der Waals surface area contributed by atoms with Gasteiger partial charge in [-0.2, -0.15) is 0 Å². The average Bonchev–Trinajstić information content (AvgIpc) is 2.75. The van der Waals surface area contributed by atoms with E-state index < -0.39 is 0 Å². The van der Waals surface area contributed by atoms with Crippen molar-refractivity contribution in [2.24, 2.45) is 11.8 Å². The highest BCUT2D eigenvalue weighted by Gasteiger charge is 2.29. The first kappa shape index (κ1) is 12.8. The maximum atomic E-state index is 6.10. The Morgan fingerprint density at radius 1 is 1.71 bits per heavy atom. The number of nitrogens with one attached hydrogen (secondary N) is 1. The topological polar surface area (TPSA) is 60.2 Å². The number of halogens is 1. The molecular weight excluding hydrogens is 238 g/mol. The average molecular weight is 256 g/mol. The largest absolute Gasteiger partial charge is 0.378 e. The molecule has 4 nitrogen and oxygen atoms in total. The van der Waals surface area contributed by atoms with Gasteiger partial charge < -0.3 is 4.74 Å². The van der Waals surface area contributed by atoms with Gasteiger partial charge in [-0.3, -0.25) is 16.3 Å². The number of pyridine rings is 1. The summed E-state index contributed by atoms with van der Waals surface area (Å²) in [5.74, 6) is 6.08. The minimum Gasteiger partial charge on any atom is -0.378 e. The van der Waals surface area contributed by atoms with Crippen molar-refractivity contribution < 1.29 is 4.74 Å². The van der Waals surface area contributed by atoms with Gasteiger partial charge in [0.1, 0.15) is 0 Å². The maximum Gasteiger partial charge on any atom is 0.0621 e. The molecule has 1 aliphatic rings. The predicted molar refractivity (Wildman–Crippen MR) is 67.6 cm³/mol. The Labute approximate surface area is 106 Å². The smallest absolute Gasteiger partial charge is 0.0621 e. The number of rotatable bonds is 4. The molecule has 2 rings (SSSR count). The number of nitrogens with zero attached hydrogens (tertiary/aromatic N) is 1. The number of nitrogens with two attached hydrogens (primary N) is 1. The summed E-state index contributed by atoms with van der Waals surface area (Å²) in [6.45, 7) is 2.85. The molecule has 0 aliphatic carbocycles. The Balaban J connectivity index is 2.03. The Morgan fingerprint density at radius 2 is 2.53 bits per heavy atom. The standard InChI is InChI=1S/C12H18ClN3O/c1-8-4-10(7-17-8)12(16-14)5-9-2-3-15-6-11(9)13/h2-3,6,8,10,12,16H,4-5,7,14H2,1H3. The van der Waals surface area contributed by atoms with Gasteiger partial charge in [-0.15, -0.1) is 0 Å². The van der Waals surface area contributed by atoms with Crippen LogP contribution < -0.4 is 11.3 Å². The summed E-state index contributed by atoms with van der Waals surface area (Å²) in [6.07, 6.45) is 5.58. The van der Waals surface area contributed by atoms with Gasteiger partial charge in [0.15, 0.2) is 0 Å². The fourth-order valence-corrected chi connectivity index (χ4v) is 2.50. The van der Waals surface area contributed by atoms with Gasteiger partial charge in [0.25, 0.3) is 0 Å². The number of aromatic nitrogens is 1. The summed E-state index contributed by atoms with van der Waals surface area (Å²) in [6, 6.07) is 2.13. The van der Waals surface area contributed by atoms with Crippen LogP contribution in [-0.4, -0.2) is 23.7 Å². The molecule has 3 N–H and O–H groups in total. The van der Waals surface area contributed by atoms with Crippen LogP contribution >= 0.6 is 11.6 Å². The van der Waals surface area contributed by atoms with Crippen LogP contribution in [0.15, 0.2) is 18.5 Å². The molecule has 17 heavy (non-hydrogen) atoms. The van der Waals surface area contributed by atoms with Crippen LogP contribution in [0, 0.1) is 5.92 Å². The van der Waals surface area contributed by atoms with Gasteiger partial charge >= 0.3 is 0 Å². The Kier molecular flexibility index (Phi) is 4.34. The molecule has 1 aromatic rings. The first-order valence-corrected chi connectivity index (χ1v) is 6.24.